The van der Waals surface area contributed by atoms with Crippen LogP contribution >= 0.6 is 0 Å². The van der Waals surface area contributed by atoms with Crippen molar-refractivity contribution in [1.82, 2.24) is 0 Å². The fraction of sp³-hybridized carbons (Fsp3) is 0.231. The summed E-state index contributed by atoms with van der Waals surface area (Å²) in [6.45, 7) is 0. The molecule has 0 aliphatic rings. The highest BCUT2D eigenvalue weighted by Gasteiger charge is 2.18. The van der Waals surface area contributed by atoms with E-state index in [2.05, 4.69) is 0 Å². The molecule has 6 heteroatoms. The van der Waals surface area contributed by atoms with Gasteiger partial charge < -0.3 is 28.8 Å². The highest BCUT2D eigenvalue weighted by atomic mass is 16.5. The Morgan fingerprint density at radius 3 is 1.50 bits per heavy atom. The zero-order valence-corrected chi connectivity index (χ0v) is 18.9. The molecule has 0 heterocycles. The second-order valence-corrected chi connectivity index (χ2v) is 7.02. The van der Waals surface area contributed by atoms with E-state index in [-0.39, 0.29) is 0 Å². The molecule has 0 aliphatic heterocycles. The van der Waals surface area contributed by atoms with Crippen LogP contribution in [-0.2, 0) is 0 Å². The number of benzene rings is 3. The number of hydrogen-bond donors (Lipinski definition) is 1. The Labute approximate surface area is 188 Å². The third-order valence-corrected chi connectivity index (χ3v) is 5.10. The van der Waals surface area contributed by atoms with E-state index in [1.807, 2.05) is 42.5 Å². The first-order valence-corrected chi connectivity index (χ1v) is 10.0. The average molecular weight is 437 g/mol. The highest BCUT2D eigenvalue weighted by molar-refractivity contribution is 5.85. The van der Waals surface area contributed by atoms with Gasteiger partial charge in [0.25, 0.3) is 0 Å². The SMILES string of the molecule is COc1ccc(/C(=C\c2cc(OC)cc(OC)c2)C(O)c2cc(OC)cc(OC)c2)cc1. The predicted molar refractivity (Wildman–Crippen MR) is 125 cm³/mol. The van der Waals surface area contributed by atoms with E-state index in [0.29, 0.717) is 34.1 Å². The number of methoxy groups -OCH3 is 5. The van der Waals surface area contributed by atoms with Gasteiger partial charge in [0.15, 0.2) is 0 Å². The summed E-state index contributed by atoms with van der Waals surface area (Å²) >= 11 is 0. The maximum atomic E-state index is 11.4. The third kappa shape index (κ3) is 5.34. The maximum absolute atomic E-state index is 11.4. The first kappa shape index (κ1) is 23.0. The average Bonchev–Trinajstić information content (AvgIpc) is 2.86. The van der Waals surface area contributed by atoms with Crippen molar-refractivity contribution in [2.45, 2.75) is 6.10 Å². The minimum atomic E-state index is -0.954. The lowest BCUT2D eigenvalue weighted by Gasteiger charge is -2.19. The molecule has 0 saturated carbocycles. The second kappa shape index (κ2) is 10.6. The summed E-state index contributed by atoms with van der Waals surface area (Å²) in [5.41, 5.74) is 2.97. The zero-order valence-electron chi connectivity index (χ0n) is 18.9. The summed E-state index contributed by atoms with van der Waals surface area (Å²) < 4.78 is 26.8. The molecule has 0 radical (unpaired) electrons. The summed E-state index contributed by atoms with van der Waals surface area (Å²) in [6, 6.07) is 18.4. The molecule has 0 spiro atoms. The van der Waals surface area contributed by atoms with Crippen molar-refractivity contribution in [1.29, 1.82) is 0 Å². The van der Waals surface area contributed by atoms with Crippen molar-refractivity contribution < 1.29 is 28.8 Å². The molecule has 3 aromatic rings. The van der Waals surface area contributed by atoms with Gasteiger partial charge in [-0.2, -0.15) is 0 Å². The molecule has 3 rings (SSSR count). The van der Waals surface area contributed by atoms with Gasteiger partial charge in [-0.1, -0.05) is 12.1 Å². The van der Waals surface area contributed by atoms with Gasteiger partial charge in [-0.25, -0.2) is 0 Å². The molecular formula is C26H28O6. The number of aliphatic hydroxyl groups is 1. The molecule has 1 unspecified atom stereocenters. The van der Waals surface area contributed by atoms with E-state index in [1.165, 1.54) is 0 Å². The van der Waals surface area contributed by atoms with Crippen molar-refractivity contribution >= 4 is 11.6 Å². The highest BCUT2D eigenvalue weighted by Crippen LogP contribution is 2.37. The normalized spacial score (nSPS) is 12.1. The molecule has 0 amide bonds. The molecule has 0 fully saturated rings. The van der Waals surface area contributed by atoms with Crippen LogP contribution in [0, 0.1) is 0 Å². The lowest BCUT2D eigenvalue weighted by atomic mass is 9.93. The summed E-state index contributed by atoms with van der Waals surface area (Å²) in [4.78, 5) is 0. The van der Waals surface area contributed by atoms with Crippen LogP contribution < -0.4 is 23.7 Å². The molecule has 1 N–H and O–H groups in total. The largest absolute Gasteiger partial charge is 0.497 e. The van der Waals surface area contributed by atoms with Crippen molar-refractivity contribution in [2.24, 2.45) is 0 Å². The predicted octanol–water partition coefficient (Wildman–Crippen LogP) is 5.00. The van der Waals surface area contributed by atoms with Crippen LogP contribution in [-0.4, -0.2) is 40.7 Å². The van der Waals surface area contributed by atoms with Gasteiger partial charge in [-0.15, -0.1) is 0 Å². The van der Waals surface area contributed by atoms with Gasteiger partial charge in [0.1, 0.15) is 34.9 Å². The van der Waals surface area contributed by atoms with Gasteiger partial charge in [-0.3, -0.25) is 0 Å². The Hall–Kier alpha value is -3.64. The molecule has 0 aliphatic carbocycles. The Morgan fingerprint density at radius 1 is 0.625 bits per heavy atom. The Bertz CT molecular complexity index is 1030. The molecule has 0 bridgehead atoms. The van der Waals surface area contributed by atoms with Crippen molar-refractivity contribution in [2.75, 3.05) is 35.5 Å². The minimum absolute atomic E-state index is 0.593. The fourth-order valence-corrected chi connectivity index (χ4v) is 3.36. The Balaban J connectivity index is 2.16. The van der Waals surface area contributed by atoms with Gasteiger partial charge in [0, 0.05) is 12.1 Å². The van der Waals surface area contributed by atoms with E-state index >= 15 is 0 Å². The van der Waals surface area contributed by atoms with Gasteiger partial charge in [-0.05, 0) is 64.7 Å². The van der Waals surface area contributed by atoms with Crippen LogP contribution in [0.25, 0.3) is 11.6 Å². The van der Waals surface area contributed by atoms with Crippen LogP contribution in [0.15, 0.2) is 60.7 Å². The number of rotatable bonds is 9. The van der Waals surface area contributed by atoms with E-state index in [0.717, 1.165) is 16.9 Å². The molecular weight excluding hydrogens is 408 g/mol. The topological polar surface area (TPSA) is 66.4 Å². The van der Waals surface area contributed by atoms with E-state index in [9.17, 15) is 5.11 Å². The summed E-state index contributed by atoms with van der Waals surface area (Å²) in [7, 11) is 7.97. The maximum Gasteiger partial charge on any atom is 0.123 e. The Kier molecular flexibility index (Phi) is 7.63. The molecule has 6 nitrogen and oxygen atoms in total. The first-order chi connectivity index (χ1) is 15.5. The summed E-state index contributed by atoms with van der Waals surface area (Å²) in [5, 5.41) is 11.4. The standard InChI is InChI=1S/C26H28O6/c1-28-20-8-6-18(7-9-20)25(12-17-10-21(29-2)15-22(11-17)30-3)26(27)19-13-23(31-4)16-24(14-19)32-5/h6-16,26-27H,1-5H3/b25-12+. The van der Waals surface area contributed by atoms with Gasteiger partial charge in [0.05, 0.1) is 35.5 Å². The van der Waals surface area contributed by atoms with Crippen LogP contribution in [0.5, 0.6) is 28.7 Å². The van der Waals surface area contributed by atoms with Crippen molar-refractivity contribution in [3.05, 3.63) is 77.4 Å². The smallest absolute Gasteiger partial charge is 0.123 e. The van der Waals surface area contributed by atoms with Gasteiger partial charge in [0.2, 0.25) is 0 Å². The molecule has 0 aromatic heterocycles. The Morgan fingerprint density at radius 2 is 1.06 bits per heavy atom. The lowest BCUT2D eigenvalue weighted by molar-refractivity contribution is 0.237. The zero-order chi connectivity index (χ0) is 23.1. The van der Waals surface area contributed by atoms with Crippen LogP contribution in [0.3, 0.4) is 0 Å². The van der Waals surface area contributed by atoms with Crippen molar-refractivity contribution in [3.63, 3.8) is 0 Å². The molecule has 32 heavy (non-hydrogen) atoms. The number of aliphatic hydroxyl groups excluding tert-OH is 1. The monoisotopic (exact) mass is 436 g/mol. The van der Waals surface area contributed by atoms with Gasteiger partial charge >= 0.3 is 0 Å². The fourth-order valence-electron chi connectivity index (χ4n) is 3.36. The quantitative estimate of drug-likeness (QED) is 0.476. The lowest BCUT2D eigenvalue weighted by Crippen LogP contribution is -2.03. The first-order valence-electron chi connectivity index (χ1n) is 10.0. The van der Waals surface area contributed by atoms with E-state index in [4.69, 9.17) is 23.7 Å². The third-order valence-electron chi connectivity index (χ3n) is 5.10. The molecule has 168 valence electrons. The van der Waals surface area contributed by atoms with Crippen LogP contribution in [0.1, 0.15) is 22.8 Å². The van der Waals surface area contributed by atoms with Crippen LogP contribution in [0.4, 0.5) is 0 Å². The number of ether oxygens (including phenoxy) is 5. The summed E-state index contributed by atoms with van der Waals surface area (Å²) in [5.74, 6) is 3.23. The molecule has 3 aromatic carbocycles. The summed E-state index contributed by atoms with van der Waals surface area (Å²) in [6.07, 6.45) is 0.952. The molecule has 1 atom stereocenters. The van der Waals surface area contributed by atoms with Crippen molar-refractivity contribution in [3.8, 4) is 28.7 Å². The van der Waals surface area contributed by atoms with Crippen LogP contribution in [0.2, 0.25) is 0 Å². The number of hydrogen-bond acceptors (Lipinski definition) is 6. The minimum Gasteiger partial charge on any atom is -0.497 e. The molecule has 0 saturated heterocycles. The van der Waals surface area contributed by atoms with E-state index < -0.39 is 6.10 Å². The van der Waals surface area contributed by atoms with E-state index in [1.54, 1.807) is 59.8 Å². The second-order valence-electron chi connectivity index (χ2n) is 7.02.